The number of rotatable bonds is 5. The SMILES string of the molecule is CC(CCl)CS(=O)(=O)Nc1ncc(Br)s1. The van der Waals surface area contributed by atoms with E-state index in [1.165, 1.54) is 11.3 Å². The maximum absolute atomic E-state index is 11.6. The summed E-state index contributed by atoms with van der Waals surface area (Å²) in [5, 5.41) is 0.364. The van der Waals surface area contributed by atoms with Crippen LogP contribution in [0.25, 0.3) is 0 Å². The highest BCUT2D eigenvalue weighted by Crippen LogP contribution is 2.24. The van der Waals surface area contributed by atoms with E-state index in [0.717, 1.165) is 3.79 Å². The van der Waals surface area contributed by atoms with Gasteiger partial charge in [0.2, 0.25) is 10.0 Å². The number of hydrogen-bond donors (Lipinski definition) is 1. The number of nitrogens with zero attached hydrogens (tertiary/aromatic N) is 1. The van der Waals surface area contributed by atoms with Gasteiger partial charge in [0.1, 0.15) is 0 Å². The summed E-state index contributed by atoms with van der Waals surface area (Å²) in [5.74, 6) is 0.253. The first-order chi connectivity index (χ1) is 6.93. The molecule has 0 bridgehead atoms. The van der Waals surface area contributed by atoms with Gasteiger partial charge in [0, 0.05) is 5.88 Å². The molecule has 15 heavy (non-hydrogen) atoms. The van der Waals surface area contributed by atoms with E-state index in [0.29, 0.717) is 11.0 Å². The Morgan fingerprint density at radius 3 is 2.87 bits per heavy atom. The Balaban J connectivity index is 2.64. The van der Waals surface area contributed by atoms with Gasteiger partial charge >= 0.3 is 0 Å². The number of nitrogens with one attached hydrogen (secondary N) is 1. The van der Waals surface area contributed by atoms with Gasteiger partial charge in [-0.25, -0.2) is 13.4 Å². The number of anilines is 1. The fourth-order valence-corrected chi connectivity index (χ4v) is 3.91. The Labute approximate surface area is 106 Å². The molecule has 0 fully saturated rings. The number of thiazole rings is 1. The minimum atomic E-state index is -3.34. The highest BCUT2D eigenvalue weighted by molar-refractivity contribution is 9.11. The summed E-state index contributed by atoms with van der Waals surface area (Å²) in [5.41, 5.74) is 0. The Bertz CT molecular complexity index is 420. The van der Waals surface area contributed by atoms with E-state index >= 15 is 0 Å². The molecule has 0 spiro atoms. The predicted octanol–water partition coefficient (Wildman–Crippen LogP) is 2.52. The predicted molar refractivity (Wildman–Crippen MR) is 67.1 cm³/mol. The molecule has 1 aromatic heterocycles. The van der Waals surface area contributed by atoms with Gasteiger partial charge in [0.15, 0.2) is 5.13 Å². The third-order valence-corrected chi connectivity index (χ3v) is 5.05. The van der Waals surface area contributed by atoms with Crippen molar-refractivity contribution in [1.29, 1.82) is 0 Å². The summed E-state index contributed by atoms with van der Waals surface area (Å²) in [7, 11) is -3.34. The van der Waals surface area contributed by atoms with Gasteiger partial charge < -0.3 is 0 Å². The molecule has 4 nitrogen and oxygen atoms in total. The van der Waals surface area contributed by atoms with Crippen molar-refractivity contribution < 1.29 is 8.42 Å². The lowest BCUT2D eigenvalue weighted by molar-refractivity contribution is 0.588. The van der Waals surface area contributed by atoms with Crippen molar-refractivity contribution in [2.24, 2.45) is 5.92 Å². The molecular formula is C7H10BrClN2O2S2. The molecule has 0 aliphatic carbocycles. The van der Waals surface area contributed by atoms with Gasteiger partial charge in [-0.2, -0.15) is 0 Å². The molecule has 1 rings (SSSR count). The van der Waals surface area contributed by atoms with E-state index in [2.05, 4.69) is 25.6 Å². The maximum atomic E-state index is 11.6. The third-order valence-electron chi connectivity index (χ3n) is 1.49. The second-order valence-electron chi connectivity index (χ2n) is 3.11. The summed E-state index contributed by atoms with van der Waals surface area (Å²) in [6.07, 6.45) is 1.55. The molecule has 0 saturated heterocycles. The second-order valence-corrected chi connectivity index (χ2v) is 7.60. The van der Waals surface area contributed by atoms with Crippen LogP contribution >= 0.6 is 38.9 Å². The smallest absolute Gasteiger partial charge is 0.234 e. The molecule has 0 saturated carbocycles. The number of sulfonamides is 1. The van der Waals surface area contributed by atoms with E-state index < -0.39 is 10.0 Å². The Morgan fingerprint density at radius 2 is 2.40 bits per heavy atom. The Morgan fingerprint density at radius 1 is 1.73 bits per heavy atom. The standard InChI is InChI=1S/C7H10BrClN2O2S2/c1-5(2-9)4-15(12,13)11-7-10-3-6(8)14-7/h3,5H,2,4H2,1H3,(H,10,11). The minimum absolute atomic E-state index is 0.00764. The van der Waals surface area contributed by atoms with Crippen molar-refractivity contribution in [3.05, 3.63) is 9.98 Å². The lowest BCUT2D eigenvalue weighted by Gasteiger charge is -2.08. The van der Waals surface area contributed by atoms with Gasteiger partial charge in [-0.05, 0) is 21.8 Å². The van der Waals surface area contributed by atoms with Crippen LogP contribution in [-0.4, -0.2) is 25.0 Å². The van der Waals surface area contributed by atoms with Gasteiger partial charge in [0.05, 0.1) is 15.7 Å². The summed E-state index contributed by atoms with van der Waals surface area (Å²) < 4.78 is 26.3. The van der Waals surface area contributed by atoms with Crippen molar-refractivity contribution in [1.82, 2.24) is 4.98 Å². The van der Waals surface area contributed by atoms with Gasteiger partial charge in [-0.15, -0.1) is 11.6 Å². The van der Waals surface area contributed by atoms with Crippen LogP contribution in [-0.2, 0) is 10.0 Å². The summed E-state index contributed by atoms with van der Waals surface area (Å²) in [4.78, 5) is 3.88. The van der Waals surface area contributed by atoms with E-state index in [4.69, 9.17) is 11.6 Å². The average molecular weight is 334 g/mol. The Hall–Kier alpha value is 0.150. The van der Waals surface area contributed by atoms with Crippen LogP contribution in [0.5, 0.6) is 0 Å². The van der Waals surface area contributed by atoms with Crippen molar-refractivity contribution in [3.8, 4) is 0 Å². The van der Waals surface area contributed by atoms with E-state index in [9.17, 15) is 8.42 Å². The Kier molecular flexibility index (Phi) is 4.82. The molecule has 1 unspecified atom stereocenters. The fourth-order valence-electron chi connectivity index (χ4n) is 0.895. The summed E-state index contributed by atoms with van der Waals surface area (Å²) in [6, 6.07) is 0. The summed E-state index contributed by atoms with van der Waals surface area (Å²) in [6.45, 7) is 1.78. The monoisotopic (exact) mass is 332 g/mol. The normalized spacial score (nSPS) is 13.8. The van der Waals surface area contributed by atoms with Crippen LogP contribution in [0.2, 0.25) is 0 Å². The maximum Gasteiger partial charge on any atom is 0.234 e. The van der Waals surface area contributed by atoms with Crippen molar-refractivity contribution in [2.75, 3.05) is 16.4 Å². The molecule has 0 radical (unpaired) electrons. The van der Waals surface area contributed by atoms with Crippen LogP contribution < -0.4 is 4.72 Å². The zero-order valence-electron chi connectivity index (χ0n) is 7.91. The number of hydrogen-bond acceptors (Lipinski definition) is 4. The molecule has 8 heteroatoms. The average Bonchev–Trinajstić information content (AvgIpc) is 2.49. The lowest BCUT2D eigenvalue weighted by atomic mass is 10.3. The lowest BCUT2D eigenvalue weighted by Crippen LogP contribution is -2.21. The molecule has 1 heterocycles. The number of alkyl halides is 1. The highest BCUT2D eigenvalue weighted by Gasteiger charge is 2.16. The highest BCUT2D eigenvalue weighted by atomic mass is 79.9. The molecule has 1 atom stereocenters. The van der Waals surface area contributed by atoms with E-state index in [1.807, 2.05) is 0 Å². The van der Waals surface area contributed by atoms with Crippen molar-refractivity contribution >= 4 is 54.0 Å². The molecule has 0 aliphatic rings. The van der Waals surface area contributed by atoms with Gasteiger partial charge in [0.25, 0.3) is 0 Å². The topological polar surface area (TPSA) is 59.1 Å². The molecular weight excluding hydrogens is 324 g/mol. The number of aromatic nitrogens is 1. The summed E-state index contributed by atoms with van der Waals surface area (Å²) >= 11 is 9.99. The quantitative estimate of drug-likeness (QED) is 0.842. The zero-order chi connectivity index (χ0) is 11.5. The van der Waals surface area contributed by atoms with Crippen LogP contribution in [0, 0.1) is 5.92 Å². The van der Waals surface area contributed by atoms with Crippen LogP contribution in [0.4, 0.5) is 5.13 Å². The third kappa shape index (κ3) is 4.67. The first-order valence-corrected chi connectivity index (χ1v) is 7.90. The van der Waals surface area contributed by atoms with Gasteiger partial charge in [-0.1, -0.05) is 18.3 Å². The first kappa shape index (κ1) is 13.2. The molecule has 1 N–H and O–H groups in total. The second kappa shape index (κ2) is 5.47. The largest absolute Gasteiger partial charge is 0.259 e. The van der Waals surface area contributed by atoms with Crippen LogP contribution in [0.3, 0.4) is 0 Å². The van der Waals surface area contributed by atoms with Crippen molar-refractivity contribution in [2.45, 2.75) is 6.92 Å². The molecule has 0 aliphatic heterocycles. The fraction of sp³-hybridized carbons (Fsp3) is 0.571. The van der Waals surface area contributed by atoms with Crippen molar-refractivity contribution in [3.63, 3.8) is 0 Å². The minimum Gasteiger partial charge on any atom is -0.259 e. The number of halogens is 2. The van der Waals surface area contributed by atoms with Crippen LogP contribution in [0.1, 0.15) is 6.92 Å². The molecule has 1 aromatic rings. The van der Waals surface area contributed by atoms with E-state index in [1.54, 1.807) is 13.1 Å². The molecule has 0 aromatic carbocycles. The van der Waals surface area contributed by atoms with Crippen LogP contribution in [0.15, 0.2) is 9.98 Å². The van der Waals surface area contributed by atoms with Gasteiger partial charge in [-0.3, -0.25) is 4.72 Å². The molecule has 86 valence electrons. The zero-order valence-corrected chi connectivity index (χ0v) is 11.9. The van der Waals surface area contributed by atoms with E-state index in [-0.39, 0.29) is 11.7 Å². The first-order valence-electron chi connectivity index (χ1n) is 4.10. The molecule has 0 amide bonds.